The molecule has 0 spiro atoms. The Labute approximate surface area is 114 Å². The third kappa shape index (κ3) is 3.84. The standard InChI is InChI=1S/C5H9I3NS2/c1-8-2-3-4(9)11-5(6,7)10-3/h3-4H,2,9H2,1H3/q-1. The maximum atomic E-state index is 5.99. The molecule has 1 fully saturated rings. The van der Waals surface area contributed by atoms with Gasteiger partial charge in [0.2, 0.25) is 0 Å². The van der Waals surface area contributed by atoms with Crippen molar-refractivity contribution >= 4 is 68.7 Å². The van der Waals surface area contributed by atoms with Gasteiger partial charge in [0.25, 0.3) is 0 Å². The first kappa shape index (κ1) is 11.9. The topological polar surface area (TPSA) is 26.0 Å². The fourth-order valence-electron chi connectivity index (χ4n) is 0.777. The molecule has 1 aliphatic rings. The predicted molar refractivity (Wildman–Crippen MR) is 68.5 cm³/mol. The van der Waals surface area contributed by atoms with Gasteiger partial charge in [-0.2, -0.15) is 0 Å². The van der Waals surface area contributed by atoms with Gasteiger partial charge in [-0.25, -0.2) is 0 Å². The van der Waals surface area contributed by atoms with E-state index in [1.165, 1.54) is 4.43 Å². The molecule has 0 aromatic heterocycles. The molecule has 1 aliphatic heterocycles. The van der Waals surface area contributed by atoms with Crippen LogP contribution >= 0.6 is 68.7 Å². The van der Waals surface area contributed by atoms with Crippen LogP contribution in [0.15, 0.2) is 0 Å². The molecule has 0 bridgehead atoms. The Morgan fingerprint density at radius 2 is 2.18 bits per heavy atom. The molecule has 1 heterocycles. The first-order valence-electron chi connectivity index (χ1n) is 2.98. The minimum atomic E-state index is 0.304. The van der Waals surface area contributed by atoms with Crippen molar-refractivity contribution in [2.45, 2.75) is 10.7 Å². The number of rotatable bonds is 2. The zero-order valence-electron chi connectivity index (χ0n) is 5.89. The Morgan fingerprint density at radius 1 is 1.55 bits per heavy atom. The molecule has 0 aliphatic carbocycles. The van der Waals surface area contributed by atoms with Crippen LogP contribution in [0.25, 0.3) is 0 Å². The first-order valence-corrected chi connectivity index (χ1v) is 10.6. The fourth-order valence-corrected chi connectivity index (χ4v) is 10.0. The molecule has 1 saturated heterocycles. The molecule has 0 radical (unpaired) electrons. The average molecular weight is 528 g/mol. The Hall–Kier alpha value is 2.85. The van der Waals surface area contributed by atoms with Gasteiger partial charge in [0.05, 0.1) is 0 Å². The summed E-state index contributed by atoms with van der Waals surface area (Å²) in [6.45, 7) is 0. The Balaban J connectivity index is 2.45. The third-order valence-corrected chi connectivity index (χ3v) is 9.37. The summed E-state index contributed by atoms with van der Waals surface area (Å²) < 4.78 is 1.67. The van der Waals surface area contributed by atoms with Gasteiger partial charge in [0.1, 0.15) is 0 Å². The summed E-state index contributed by atoms with van der Waals surface area (Å²) in [6, 6.07) is 0. The van der Waals surface area contributed by atoms with Crippen molar-refractivity contribution in [2.75, 3.05) is 9.36 Å². The second kappa shape index (κ2) is 5.08. The summed E-state index contributed by atoms with van der Waals surface area (Å²) >= 11 is 9.31. The number of hydrogen-bond acceptors (Lipinski definition) is 3. The van der Waals surface area contributed by atoms with Gasteiger partial charge in [-0.15, -0.1) is 0 Å². The molecule has 0 aromatic rings. The van der Waals surface area contributed by atoms with Crippen LogP contribution in [0.1, 0.15) is 0 Å². The molecular formula is C5H9I3NS2-. The second-order valence-corrected chi connectivity index (χ2v) is 15.9. The Bertz CT molecular complexity index is 144. The van der Waals surface area contributed by atoms with Gasteiger partial charge < -0.3 is 0 Å². The van der Waals surface area contributed by atoms with E-state index < -0.39 is 0 Å². The van der Waals surface area contributed by atoms with Gasteiger partial charge in [0.15, 0.2) is 0 Å². The predicted octanol–water partition coefficient (Wildman–Crippen LogP) is -0.680. The quantitative estimate of drug-likeness (QED) is 0.381. The molecule has 68 valence electrons. The van der Waals surface area contributed by atoms with E-state index >= 15 is 0 Å². The fraction of sp³-hybridized carbons (Fsp3) is 1.00. The molecule has 1 nitrogen and oxygen atoms in total. The molecular weight excluding hydrogens is 519 g/mol. The monoisotopic (exact) mass is 528 g/mol. The summed E-state index contributed by atoms with van der Waals surface area (Å²) in [5, 5.41) is 1.08. The average Bonchev–Trinajstić information content (AvgIpc) is 2.07. The molecule has 0 aromatic carbocycles. The van der Waals surface area contributed by atoms with Gasteiger partial charge in [-0.05, 0) is 0 Å². The number of alkyl halides is 4. The van der Waals surface area contributed by atoms with Crippen LogP contribution < -0.4 is 26.9 Å². The van der Waals surface area contributed by atoms with Crippen molar-refractivity contribution in [1.82, 2.24) is 0 Å². The molecule has 1 rings (SSSR count). The zero-order chi connectivity index (χ0) is 8.48. The molecule has 2 N–H and O–H groups in total. The van der Waals surface area contributed by atoms with Crippen LogP contribution in [-0.4, -0.2) is 20.1 Å². The van der Waals surface area contributed by atoms with E-state index in [1.807, 2.05) is 23.5 Å². The summed E-state index contributed by atoms with van der Waals surface area (Å²) in [5.74, 6) is 0. The van der Waals surface area contributed by atoms with Crippen molar-refractivity contribution in [3.8, 4) is 0 Å². The maximum absolute atomic E-state index is 5.99. The van der Waals surface area contributed by atoms with Gasteiger partial charge in [0, 0.05) is 0 Å². The summed E-state index contributed by atoms with van der Waals surface area (Å²) in [4.78, 5) is 2.33. The van der Waals surface area contributed by atoms with E-state index in [0.717, 1.165) is 0 Å². The minimum absolute atomic E-state index is 0.304. The molecule has 11 heavy (non-hydrogen) atoms. The number of halogens is 3. The molecule has 6 heteroatoms. The van der Waals surface area contributed by atoms with Crippen LogP contribution in [0.4, 0.5) is 0 Å². The van der Waals surface area contributed by atoms with E-state index in [2.05, 4.69) is 50.1 Å². The summed E-state index contributed by atoms with van der Waals surface area (Å²) in [7, 11) is 0. The Morgan fingerprint density at radius 3 is 2.55 bits per heavy atom. The van der Waals surface area contributed by atoms with E-state index in [4.69, 9.17) is 5.73 Å². The van der Waals surface area contributed by atoms with Crippen molar-refractivity contribution in [2.24, 2.45) is 5.73 Å². The van der Waals surface area contributed by atoms with Gasteiger partial charge >= 0.3 is 116 Å². The van der Waals surface area contributed by atoms with E-state index in [0.29, 0.717) is 31.9 Å². The van der Waals surface area contributed by atoms with Crippen molar-refractivity contribution < 1.29 is 21.2 Å². The van der Waals surface area contributed by atoms with Gasteiger partial charge in [-0.3, -0.25) is 0 Å². The van der Waals surface area contributed by atoms with Crippen LogP contribution in [0.3, 0.4) is 0 Å². The van der Waals surface area contributed by atoms with E-state index in [1.54, 1.807) is 0 Å². The van der Waals surface area contributed by atoms with Crippen LogP contribution in [-0.2, 0) is 0 Å². The van der Waals surface area contributed by atoms with Crippen molar-refractivity contribution in [3.05, 3.63) is 0 Å². The molecule has 2 atom stereocenters. The number of hydrogen-bond donors (Lipinski definition) is 1. The van der Waals surface area contributed by atoms with Crippen molar-refractivity contribution in [3.63, 3.8) is 0 Å². The SMILES string of the molecule is C[I-]CC1SC(I)(I)SC1N. The van der Waals surface area contributed by atoms with E-state index in [9.17, 15) is 0 Å². The third-order valence-electron chi connectivity index (χ3n) is 1.23. The van der Waals surface area contributed by atoms with E-state index in [-0.39, 0.29) is 0 Å². The first-order chi connectivity index (χ1) is 5.05. The second-order valence-electron chi connectivity index (χ2n) is 2.12. The molecule has 0 saturated carbocycles. The zero-order valence-corrected chi connectivity index (χ0v) is 14.0. The summed E-state index contributed by atoms with van der Waals surface area (Å²) in [6.07, 6.45) is 0. The van der Waals surface area contributed by atoms with Gasteiger partial charge in [-0.1, -0.05) is 0 Å². The number of nitrogens with two attached hydrogens (primary N) is 1. The van der Waals surface area contributed by atoms with Crippen LogP contribution in [0, 0.1) is 0 Å². The molecule has 0 amide bonds. The van der Waals surface area contributed by atoms with Crippen LogP contribution in [0.5, 0.6) is 0 Å². The molecule has 2 unspecified atom stereocenters. The van der Waals surface area contributed by atoms with Crippen molar-refractivity contribution in [1.29, 1.82) is 0 Å². The number of thioether (sulfide) groups is 2. The Kier molecular flexibility index (Phi) is 5.50. The van der Waals surface area contributed by atoms with Crippen LogP contribution in [0.2, 0.25) is 0 Å². The normalized spacial score (nSPS) is 36.4. The summed E-state index contributed by atoms with van der Waals surface area (Å²) in [5.41, 5.74) is 5.99.